The number of aryl methyl sites for hydroxylation is 4. The molecule has 13 aromatic rings. The van der Waals surface area contributed by atoms with Gasteiger partial charge in [0.1, 0.15) is 29.4 Å². The summed E-state index contributed by atoms with van der Waals surface area (Å²) < 4.78 is 33.8. The van der Waals surface area contributed by atoms with Crippen LogP contribution in [0.2, 0.25) is 0 Å². The van der Waals surface area contributed by atoms with Gasteiger partial charge in [-0.25, -0.2) is 9.05 Å². The summed E-state index contributed by atoms with van der Waals surface area (Å²) >= 11 is 19.9. The third kappa shape index (κ3) is 23.3. The summed E-state index contributed by atoms with van der Waals surface area (Å²) in [6.07, 6.45) is 18.6. The Morgan fingerprint density at radius 1 is 0.450 bits per heavy atom. The minimum absolute atomic E-state index is 0.00489. The SMILES string of the molecule is CCN(CC)c1ccc(C(=C2C=CC(O[P+](=O)Oc3ccccc3)=CC2)c2ccc(N(CC)CC)cc2)cc1.CCN(CC)c1ccc(C(=C2C=CCC(C(c3ccccc3)C(Cl)(Cl)Cl)=C2)c2ccc(N(CC)CC)cc2)cc1.Cc1ccc2c(c1)Cc1cc(C)ccc1C2=C1C(=O)C=C(O)c2c1occ(-c1ccccc1)c2=O.Cc1ccc2c(c1)Cc1cc(C)ccc1C2=C1C(=O)CC2OC=C(c3ccccc3)C(O)=C2C1=O. The van der Waals surface area contributed by atoms with Crippen LogP contribution in [0.4, 0.5) is 22.7 Å². The molecule has 3 unspecified atom stereocenters. The number of alkyl halides is 3. The number of nitrogens with zero attached hydrogens (tertiary/aromatic N) is 4. The molecule has 754 valence electrons. The van der Waals surface area contributed by atoms with Crippen molar-refractivity contribution in [2.45, 2.75) is 131 Å². The number of carbonyl (C=O) groups is 3. The molecule has 0 radical (unpaired) electrons. The standard InChI is InChI=1S/C35H39Cl3N2.C33H38N2O3P.C31H24O4.C31H22O4/c1-5-39(6-2)31-21-17-26(18-22-31)33(27-19-23-32(24-20-27)40(7-3)8-4)29-15-12-16-30(25-29)34(35(36,37)38)28-13-10-9-11-14-28;1-5-34(6-2)29-20-14-26(15-21-29)33(27-16-22-30(23-17-27)35(7-3)8-4)28-18-24-32(25-19-28)38-39(36)37-31-12-10-9-11-13-31;1-17-8-10-22-20(12-17)14-21-13-18(2)9-11-23(21)27(22)28-25(32)15-26-29(31(28)34)30(33)24(16-35-26)19-6-4-3-5-7-19;1-17-8-10-22-20(12-17)14-21-13-18(2)9-11-23(21)27(22)28-25(32)15-26(33)29-30(34)24(16-35-31(28)29)19-6-4-3-5-7-19/h9-15,17-25,34H,5-8,16H2,1-4H3;9-18,20-25H,5-8,19H2,1-4H3;3-13,16,26,33H,14-15H2,1-2H3;3-13,15-16,33H,14H2,1-2H3/q;+1;;. The van der Waals surface area contributed by atoms with E-state index in [1.54, 1.807) is 12.1 Å². The Labute approximate surface area is 890 Å². The second kappa shape index (κ2) is 47.4. The van der Waals surface area contributed by atoms with Crippen molar-refractivity contribution in [1.82, 2.24) is 0 Å². The van der Waals surface area contributed by atoms with Crippen LogP contribution < -0.4 is 29.6 Å². The molecule has 3 atom stereocenters. The number of hydrogen-bond acceptors (Lipinski definition) is 15. The summed E-state index contributed by atoms with van der Waals surface area (Å²) in [6, 6.07) is 97.7. The lowest BCUT2D eigenvalue weighted by Crippen LogP contribution is -2.37. The number of allylic oxidation sites excluding steroid dienone is 13. The zero-order valence-corrected chi connectivity index (χ0v) is 89.4. The number of fused-ring (bicyclic) bond motifs is 6. The van der Waals surface area contributed by atoms with Gasteiger partial charge in [-0.05, 0) is 287 Å². The number of halogens is 3. The van der Waals surface area contributed by atoms with Crippen molar-refractivity contribution >= 4 is 122 Å². The quantitative estimate of drug-likeness (QED) is 0.0252. The first-order valence-electron chi connectivity index (χ1n) is 51.3. The van der Waals surface area contributed by atoms with Gasteiger partial charge in [-0.2, -0.15) is 0 Å². The van der Waals surface area contributed by atoms with E-state index in [4.69, 9.17) is 53.0 Å². The van der Waals surface area contributed by atoms with Gasteiger partial charge in [-0.1, -0.05) is 317 Å². The molecule has 1 aliphatic heterocycles. The number of benzene rings is 12. The minimum Gasteiger partial charge on any atom is -0.507 e. The van der Waals surface area contributed by atoms with Gasteiger partial charge in [0, 0.05) is 96.9 Å². The molecular weight excluding hydrogens is 1930 g/mol. The van der Waals surface area contributed by atoms with Gasteiger partial charge in [-0.15, -0.1) is 0 Å². The molecule has 6 aliphatic carbocycles. The molecule has 7 aliphatic rings. The molecule has 0 bridgehead atoms. The number of hydrogen-bond donors (Lipinski definition) is 2. The zero-order valence-electron chi connectivity index (χ0n) is 86.2. The topological polar surface area (TPSA) is 180 Å². The number of aliphatic hydroxyl groups is 2. The first-order valence-corrected chi connectivity index (χ1v) is 53.5. The minimum atomic E-state index is -2.32. The number of ketones is 3. The lowest BCUT2D eigenvalue weighted by Gasteiger charge is -2.32. The fraction of sp³-hybridized carbons (Fsp3) is 0.215. The van der Waals surface area contributed by atoms with Crippen LogP contribution in [0.3, 0.4) is 0 Å². The maximum Gasteiger partial charge on any atom is 0.805 e. The number of ether oxygens (including phenoxy) is 1. The van der Waals surface area contributed by atoms with E-state index in [1.807, 2.05) is 198 Å². The monoisotopic (exact) mass is 2050 g/mol. The Kier molecular flexibility index (Phi) is 33.5. The van der Waals surface area contributed by atoms with Gasteiger partial charge in [-0.3, -0.25) is 19.2 Å². The fourth-order valence-corrected chi connectivity index (χ4v) is 22.5. The largest absolute Gasteiger partial charge is 0.805 e. The molecule has 2 N–H and O–H groups in total. The van der Waals surface area contributed by atoms with Gasteiger partial charge < -0.3 is 39.0 Å². The third-order valence-electron chi connectivity index (χ3n) is 28.5. The van der Waals surface area contributed by atoms with Crippen molar-refractivity contribution in [3.63, 3.8) is 0 Å². The summed E-state index contributed by atoms with van der Waals surface area (Å²) in [6.45, 7) is 33.5. The predicted octanol–water partition coefficient (Wildman–Crippen LogP) is 31.1. The van der Waals surface area contributed by atoms with Crippen LogP contribution in [0, 0.1) is 27.7 Å². The fourth-order valence-electron chi connectivity index (χ4n) is 21.0. The molecule has 12 aromatic carbocycles. The third-order valence-corrected chi connectivity index (χ3v) is 29.9. The average molecular weight is 2050 g/mol. The van der Waals surface area contributed by atoms with Crippen molar-refractivity contribution < 1.29 is 47.4 Å². The Morgan fingerprint density at radius 2 is 0.866 bits per heavy atom. The number of anilines is 4. The zero-order chi connectivity index (χ0) is 105. The molecule has 19 heteroatoms. The lowest BCUT2D eigenvalue weighted by atomic mass is 9.73. The lowest BCUT2D eigenvalue weighted by molar-refractivity contribution is -0.124. The Bertz CT molecular complexity index is 7440. The van der Waals surface area contributed by atoms with Crippen molar-refractivity contribution in [3.8, 4) is 16.9 Å². The molecule has 2 heterocycles. The summed E-state index contributed by atoms with van der Waals surface area (Å²) in [5.74, 6) is -0.780. The molecule has 1 fully saturated rings. The number of Topliss-reactive ketones (excluding diaryl/α,β-unsaturated/α-hetero) is 2. The van der Waals surface area contributed by atoms with E-state index in [0.29, 0.717) is 45.8 Å². The van der Waals surface area contributed by atoms with Crippen molar-refractivity contribution in [3.05, 3.63) is 507 Å². The van der Waals surface area contributed by atoms with Crippen molar-refractivity contribution in [2.24, 2.45) is 0 Å². The van der Waals surface area contributed by atoms with Crippen LogP contribution in [-0.2, 0) is 41.1 Å². The molecule has 149 heavy (non-hydrogen) atoms. The smallest absolute Gasteiger partial charge is 0.507 e. The highest BCUT2D eigenvalue weighted by atomic mass is 35.6. The molecule has 0 saturated heterocycles. The first kappa shape index (κ1) is 105. The van der Waals surface area contributed by atoms with Crippen LogP contribution in [-0.4, -0.2) is 89.8 Å². The molecule has 1 saturated carbocycles. The van der Waals surface area contributed by atoms with E-state index in [2.05, 4.69) is 221 Å². The van der Waals surface area contributed by atoms with E-state index in [0.717, 1.165) is 195 Å². The highest BCUT2D eigenvalue weighted by molar-refractivity contribution is 7.34. The normalized spacial score (nSPS) is 15.0. The van der Waals surface area contributed by atoms with E-state index in [9.17, 15) is 34.0 Å². The van der Waals surface area contributed by atoms with Gasteiger partial charge in [0.15, 0.2) is 28.8 Å². The second-order valence-electron chi connectivity index (χ2n) is 37.9. The highest BCUT2D eigenvalue weighted by Gasteiger charge is 2.45. The van der Waals surface area contributed by atoms with E-state index < -0.39 is 23.9 Å². The van der Waals surface area contributed by atoms with E-state index in [1.165, 1.54) is 52.0 Å². The molecule has 20 rings (SSSR count). The van der Waals surface area contributed by atoms with Gasteiger partial charge >= 0.3 is 8.25 Å². The van der Waals surface area contributed by atoms with Crippen molar-refractivity contribution in [2.75, 3.05) is 72.0 Å². The number of aliphatic hydroxyl groups excluding tert-OH is 2. The summed E-state index contributed by atoms with van der Waals surface area (Å²) in [7, 11) is -2.32. The second-order valence-corrected chi connectivity index (χ2v) is 41.0. The summed E-state index contributed by atoms with van der Waals surface area (Å²) in [5, 5.41) is 22.0. The molecule has 1 aromatic heterocycles. The Morgan fingerprint density at radius 3 is 1.29 bits per heavy atom. The number of carbonyl (C=O) groups excluding carboxylic acids is 3. The maximum atomic E-state index is 14.0. The number of rotatable bonds is 24. The summed E-state index contributed by atoms with van der Waals surface area (Å²) in [5.41, 5.74) is 32.7. The van der Waals surface area contributed by atoms with Crippen LogP contribution in [0.1, 0.15) is 192 Å². The van der Waals surface area contributed by atoms with Crippen LogP contribution in [0.5, 0.6) is 5.75 Å². The molecule has 15 nitrogen and oxygen atoms in total. The van der Waals surface area contributed by atoms with Crippen molar-refractivity contribution in [1.29, 1.82) is 0 Å². The van der Waals surface area contributed by atoms with Gasteiger partial charge in [0.2, 0.25) is 15.0 Å². The first-order chi connectivity index (χ1) is 72.2. The van der Waals surface area contributed by atoms with E-state index in [-0.39, 0.29) is 63.3 Å². The van der Waals surface area contributed by atoms with Gasteiger partial charge in [0.25, 0.3) is 0 Å². The van der Waals surface area contributed by atoms with Crippen LogP contribution >= 0.6 is 43.1 Å². The average Bonchev–Trinajstić information content (AvgIpc) is 0.730. The van der Waals surface area contributed by atoms with E-state index >= 15 is 0 Å². The Balaban J connectivity index is 0.000000135. The van der Waals surface area contributed by atoms with Crippen LogP contribution in [0.25, 0.3) is 50.3 Å². The molecular formula is C130H123Cl3N4O11P+. The highest BCUT2D eigenvalue weighted by Crippen LogP contribution is 2.52. The summed E-state index contributed by atoms with van der Waals surface area (Å²) in [4.78, 5) is 63.9. The maximum absolute atomic E-state index is 14.0. The number of para-hydroxylation sites is 1. The predicted molar refractivity (Wildman–Crippen MR) is 613 cm³/mol. The molecule has 0 amide bonds. The molecule has 0 spiro atoms. The van der Waals surface area contributed by atoms with Gasteiger partial charge in [0.05, 0.1) is 46.5 Å². The van der Waals surface area contributed by atoms with Crippen LogP contribution in [0.15, 0.2) is 395 Å². The Hall–Kier alpha value is -15.1.